The van der Waals surface area contributed by atoms with Crippen molar-refractivity contribution in [2.24, 2.45) is 7.05 Å². The molecule has 0 bridgehead atoms. The van der Waals surface area contributed by atoms with Gasteiger partial charge in [-0.1, -0.05) is 29.8 Å². The lowest BCUT2D eigenvalue weighted by atomic mass is 10.1. The summed E-state index contributed by atoms with van der Waals surface area (Å²) in [6.45, 7) is 0. The first-order valence-corrected chi connectivity index (χ1v) is 8.06. The molecule has 132 valence electrons. The third-order valence-electron chi connectivity index (χ3n) is 4.10. The van der Waals surface area contributed by atoms with Crippen LogP contribution in [-0.4, -0.2) is 19.7 Å². The maximum Gasteiger partial charge on any atom is 0.435 e. The van der Waals surface area contributed by atoms with E-state index in [-0.39, 0.29) is 0 Å². The van der Waals surface area contributed by atoms with Crippen LogP contribution in [0.2, 0.25) is 5.02 Å². The Labute approximate surface area is 151 Å². The van der Waals surface area contributed by atoms with E-state index < -0.39 is 11.9 Å². The lowest BCUT2D eigenvalue weighted by Crippen LogP contribution is -2.06. The van der Waals surface area contributed by atoms with Gasteiger partial charge in [0.2, 0.25) is 0 Å². The van der Waals surface area contributed by atoms with Crippen molar-refractivity contribution in [1.29, 1.82) is 0 Å². The molecule has 0 aliphatic heterocycles. The van der Waals surface area contributed by atoms with Crippen molar-refractivity contribution in [2.75, 3.05) is 0 Å². The number of aromatic nitrogens is 4. The monoisotopic (exact) mass is 376 g/mol. The normalized spacial score (nSPS) is 12.0. The van der Waals surface area contributed by atoms with Crippen molar-refractivity contribution in [3.8, 4) is 22.5 Å². The molecule has 4 rings (SSSR count). The van der Waals surface area contributed by atoms with Gasteiger partial charge in [0.15, 0.2) is 5.69 Å². The molecule has 0 amide bonds. The van der Waals surface area contributed by atoms with Crippen LogP contribution in [0.3, 0.4) is 0 Å². The Morgan fingerprint density at radius 3 is 2.58 bits per heavy atom. The summed E-state index contributed by atoms with van der Waals surface area (Å²) in [5.74, 6) is 0. The number of aromatic amines is 1. The van der Waals surface area contributed by atoms with Gasteiger partial charge in [0.05, 0.1) is 5.69 Å². The molecule has 0 fully saturated rings. The van der Waals surface area contributed by atoms with Crippen molar-refractivity contribution in [3.63, 3.8) is 0 Å². The summed E-state index contributed by atoms with van der Waals surface area (Å²) in [6, 6.07) is 12.0. The van der Waals surface area contributed by atoms with Crippen LogP contribution in [0.15, 0.2) is 48.7 Å². The smallest absolute Gasteiger partial charge is 0.339 e. The molecule has 3 heterocycles. The third kappa shape index (κ3) is 2.84. The Bertz CT molecular complexity index is 1110. The van der Waals surface area contributed by atoms with Gasteiger partial charge in [-0.25, -0.2) is 4.98 Å². The van der Waals surface area contributed by atoms with Crippen LogP contribution in [0.1, 0.15) is 5.69 Å². The molecule has 0 spiro atoms. The van der Waals surface area contributed by atoms with Crippen LogP contribution in [0.5, 0.6) is 0 Å². The molecule has 0 atom stereocenters. The van der Waals surface area contributed by atoms with Crippen LogP contribution in [0.25, 0.3) is 33.5 Å². The maximum absolute atomic E-state index is 12.9. The molecular formula is C18H12ClF3N4. The topological polar surface area (TPSA) is 46.5 Å². The van der Waals surface area contributed by atoms with Gasteiger partial charge in [-0.05, 0) is 24.3 Å². The largest absolute Gasteiger partial charge is 0.435 e. The second-order valence-corrected chi connectivity index (χ2v) is 6.27. The van der Waals surface area contributed by atoms with Crippen molar-refractivity contribution in [1.82, 2.24) is 19.7 Å². The van der Waals surface area contributed by atoms with Gasteiger partial charge in [-0.3, -0.25) is 4.68 Å². The van der Waals surface area contributed by atoms with Gasteiger partial charge in [-0.15, -0.1) is 0 Å². The fourth-order valence-electron chi connectivity index (χ4n) is 2.86. The maximum atomic E-state index is 12.9. The number of rotatable bonds is 2. The van der Waals surface area contributed by atoms with E-state index in [0.717, 1.165) is 22.7 Å². The molecule has 8 heteroatoms. The summed E-state index contributed by atoms with van der Waals surface area (Å²) >= 11 is 6.22. The van der Waals surface area contributed by atoms with Crippen LogP contribution < -0.4 is 0 Å². The number of H-pyrrole nitrogens is 1. The molecule has 0 saturated heterocycles. The summed E-state index contributed by atoms with van der Waals surface area (Å²) < 4.78 is 39.8. The van der Waals surface area contributed by atoms with E-state index in [0.29, 0.717) is 21.9 Å². The Kier molecular flexibility index (Phi) is 3.77. The third-order valence-corrected chi connectivity index (χ3v) is 4.43. The Balaban J connectivity index is 1.80. The summed E-state index contributed by atoms with van der Waals surface area (Å²) in [6.07, 6.45) is -2.97. The van der Waals surface area contributed by atoms with Crippen LogP contribution >= 0.6 is 11.6 Å². The first-order chi connectivity index (χ1) is 12.3. The van der Waals surface area contributed by atoms with E-state index in [1.54, 1.807) is 12.1 Å². The van der Waals surface area contributed by atoms with Crippen molar-refractivity contribution in [3.05, 3.63) is 59.4 Å². The highest BCUT2D eigenvalue weighted by atomic mass is 35.5. The zero-order valence-electron chi connectivity index (χ0n) is 13.5. The number of nitrogens with zero attached hydrogens (tertiary/aromatic N) is 3. The number of fused-ring (bicyclic) bond motifs is 1. The van der Waals surface area contributed by atoms with Crippen LogP contribution in [0, 0.1) is 0 Å². The Morgan fingerprint density at radius 1 is 1.12 bits per heavy atom. The average Bonchev–Trinajstić information content (AvgIpc) is 3.17. The fourth-order valence-corrected chi connectivity index (χ4v) is 3.09. The molecule has 0 aliphatic rings. The number of alkyl halides is 3. The number of halogens is 4. The van der Waals surface area contributed by atoms with Gasteiger partial charge in [0, 0.05) is 40.5 Å². The molecule has 3 aromatic heterocycles. The van der Waals surface area contributed by atoms with Crippen molar-refractivity contribution < 1.29 is 13.2 Å². The summed E-state index contributed by atoms with van der Waals surface area (Å²) in [4.78, 5) is 7.50. The quantitative estimate of drug-likeness (QED) is 0.516. The number of hydrogen-bond acceptors (Lipinski definition) is 2. The van der Waals surface area contributed by atoms with Gasteiger partial charge in [-0.2, -0.15) is 18.3 Å². The second kappa shape index (κ2) is 5.88. The highest BCUT2D eigenvalue weighted by Crippen LogP contribution is 2.33. The van der Waals surface area contributed by atoms with E-state index in [4.69, 9.17) is 11.6 Å². The molecule has 1 N–H and O–H groups in total. The highest BCUT2D eigenvalue weighted by molar-refractivity contribution is 6.33. The molecule has 4 aromatic rings. The van der Waals surface area contributed by atoms with E-state index in [1.807, 2.05) is 24.3 Å². The zero-order valence-corrected chi connectivity index (χ0v) is 14.2. The lowest BCUT2D eigenvalue weighted by Gasteiger charge is -2.01. The molecule has 26 heavy (non-hydrogen) atoms. The number of hydrogen-bond donors (Lipinski definition) is 1. The minimum absolute atomic E-state index is 0.340. The molecule has 1 aromatic carbocycles. The SMILES string of the molecule is Cn1nc(C(F)(F)F)cc1-c1cnc2[nH]c(-c3ccccc3Cl)cc2c1. The van der Waals surface area contributed by atoms with Gasteiger partial charge in [0.25, 0.3) is 0 Å². The summed E-state index contributed by atoms with van der Waals surface area (Å²) in [5, 5.41) is 4.91. The molecule has 0 unspecified atom stereocenters. The van der Waals surface area contributed by atoms with Gasteiger partial charge in [0.1, 0.15) is 5.65 Å². The van der Waals surface area contributed by atoms with Crippen LogP contribution in [-0.2, 0) is 13.2 Å². The van der Waals surface area contributed by atoms with E-state index >= 15 is 0 Å². The highest BCUT2D eigenvalue weighted by Gasteiger charge is 2.34. The number of benzene rings is 1. The van der Waals surface area contributed by atoms with E-state index in [9.17, 15) is 13.2 Å². The number of pyridine rings is 1. The van der Waals surface area contributed by atoms with E-state index in [1.165, 1.54) is 17.9 Å². The Morgan fingerprint density at radius 2 is 1.88 bits per heavy atom. The molecular weight excluding hydrogens is 365 g/mol. The second-order valence-electron chi connectivity index (χ2n) is 5.86. The average molecular weight is 377 g/mol. The molecule has 0 aliphatic carbocycles. The predicted octanol–water partition coefficient (Wildman–Crippen LogP) is 5.30. The van der Waals surface area contributed by atoms with Gasteiger partial charge < -0.3 is 4.98 Å². The lowest BCUT2D eigenvalue weighted by molar-refractivity contribution is -0.141. The van der Waals surface area contributed by atoms with Crippen molar-refractivity contribution >= 4 is 22.6 Å². The molecule has 4 nitrogen and oxygen atoms in total. The van der Waals surface area contributed by atoms with Gasteiger partial charge >= 0.3 is 6.18 Å². The van der Waals surface area contributed by atoms with Crippen molar-refractivity contribution in [2.45, 2.75) is 6.18 Å². The number of aryl methyl sites for hydroxylation is 1. The standard InChI is InChI=1S/C18H12ClF3N4/c1-26-15(8-16(25-26)18(20,21)22)11-6-10-7-14(24-17(10)23-9-11)12-4-2-3-5-13(12)19/h2-9H,1H3,(H,23,24). The first kappa shape index (κ1) is 16.7. The minimum Gasteiger partial charge on any atom is -0.339 e. The summed E-state index contributed by atoms with van der Waals surface area (Å²) in [5.41, 5.74) is 2.20. The number of nitrogens with one attached hydrogen (secondary N) is 1. The first-order valence-electron chi connectivity index (χ1n) is 7.68. The Hall–Kier alpha value is -2.80. The minimum atomic E-state index is -4.49. The van der Waals surface area contributed by atoms with Crippen LogP contribution in [0.4, 0.5) is 13.2 Å². The zero-order chi connectivity index (χ0) is 18.5. The molecule has 0 saturated carbocycles. The fraction of sp³-hybridized carbons (Fsp3) is 0.111. The molecule has 0 radical (unpaired) electrons. The predicted molar refractivity (Wildman–Crippen MR) is 93.7 cm³/mol. The van der Waals surface area contributed by atoms with E-state index in [2.05, 4.69) is 15.1 Å². The summed E-state index contributed by atoms with van der Waals surface area (Å²) in [7, 11) is 1.47.